The van der Waals surface area contributed by atoms with Crippen molar-refractivity contribution >= 4 is 56.6 Å². The maximum Gasteiger partial charge on any atom is 0.319 e. The second-order valence-corrected chi connectivity index (χ2v) is 8.52. The van der Waals surface area contributed by atoms with Crippen molar-refractivity contribution in [3.8, 4) is 0 Å². The molecule has 1 fully saturated rings. The number of halogens is 4. The lowest BCUT2D eigenvalue weighted by Gasteiger charge is -2.37. The summed E-state index contributed by atoms with van der Waals surface area (Å²) in [6.07, 6.45) is 1.66. The fraction of sp³-hybridized carbons (Fsp3) is 0.294. The average molecular weight is 497 g/mol. The van der Waals surface area contributed by atoms with Crippen LogP contribution in [0, 0.1) is 15.9 Å². The summed E-state index contributed by atoms with van der Waals surface area (Å²) in [5, 5.41) is 11.9. The number of rotatable bonds is 7. The topological polar surface area (TPSA) is 49.6 Å². The molecular weight excluding hydrogens is 480 g/mol. The number of allylic oxidation sites excluding steroid dienone is 1. The Bertz CT molecular complexity index is 779. The minimum absolute atomic E-state index is 0.0300. The minimum Gasteiger partial charge on any atom is -0.366 e. The third kappa shape index (κ3) is 5.63. The summed E-state index contributed by atoms with van der Waals surface area (Å²) < 4.78 is 14.0. The van der Waals surface area contributed by atoms with Gasteiger partial charge in [-0.25, -0.2) is 4.39 Å². The summed E-state index contributed by atoms with van der Waals surface area (Å²) in [6.45, 7) is 5.67. The van der Waals surface area contributed by atoms with E-state index in [0.29, 0.717) is 42.6 Å². The lowest BCUT2D eigenvalue weighted by atomic mass is 10.2. The van der Waals surface area contributed by atoms with E-state index in [1.807, 2.05) is 9.80 Å². The maximum absolute atomic E-state index is 14.0. The highest BCUT2D eigenvalue weighted by molar-refractivity contribution is 9.12. The van der Waals surface area contributed by atoms with Crippen molar-refractivity contribution in [1.82, 2.24) is 4.90 Å². The molecule has 0 unspecified atom stereocenters. The number of para-hydroxylation sites is 1. The maximum atomic E-state index is 14.0. The van der Waals surface area contributed by atoms with Gasteiger partial charge in [0.25, 0.3) is 0 Å². The first-order chi connectivity index (χ1) is 12.9. The standard InChI is InChI=1S/C17H17BrCl2FN3O2S/c1-2-11-27-17(15(24(25)26)14(19)16(18)20)23-9-7-22(8-10-23)13-6-4-3-5-12(13)21/h2-6H,1,7-11H2. The molecule has 27 heavy (non-hydrogen) atoms. The molecule has 1 aliphatic rings. The van der Waals surface area contributed by atoms with Crippen LogP contribution in [-0.2, 0) is 0 Å². The molecule has 1 aromatic carbocycles. The van der Waals surface area contributed by atoms with Crippen LogP contribution >= 0.6 is 50.9 Å². The molecule has 1 saturated heterocycles. The van der Waals surface area contributed by atoms with Crippen molar-refractivity contribution in [2.75, 3.05) is 36.8 Å². The molecule has 1 aromatic rings. The number of benzene rings is 1. The summed E-state index contributed by atoms with van der Waals surface area (Å²) >= 11 is 16.2. The van der Waals surface area contributed by atoms with E-state index in [-0.39, 0.29) is 20.5 Å². The smallest absolute Gasteiger partial charge is 0.319 e. The fourth-order valence-corrected chi connectivity index (χ4v) is 4.09. The lowest BCUT2D eigenvalue weighted by molar-refractivity contribution is -0.421. The Balaban J connectivity index is 2.30. The van der Waals surface area contributed by atoms with Gasteiger partial charge in [0.1, 0.15) is 14.8 Å². The summed E-state index contributed by atoms with van der Waals surface area (Å²) in [5.41, 5.74) is 0.266. The predicted molar refractivity (Wildman–Crippen MR) is 115 cm³/mol. The molecule has 0 N–H and O–H groups in total. The molecule has 1 heterocycles. The Hall–Kier alpha value is -1.22. The van der Waals surface area contributed by atoms with Gasteiger partial charge in [0, 0.05) is 31.9 Å². The largest absolute Gasteiger partial charge is 0.366 e. The van der Waals surface area contributed by atoms with E-state index in [1.165, 1.54) is 17.8 Å². The van der Waals surface area contributed by atoms with Gasteiger partial charge in [-0.3, -0.25) is 10.1 Å². The summed E-state index contributed by atoms with van der Waals surface area (Å²) in [5.74, 6) is 0.190. The molecule has 1 aliphatic heterocycles. The second-order valence-electron chi connectivity index (χ2n) is 5.51. The van der Waals surface area contributed by atoms with Gasteiger partial charge < -0.3 is 9.80 Å². The zero-order valence-electron chi connectivity index (χ0n) is 14.2. The SMILES string of the molecule is C=CCSC(=C(C(Cl)=C(Cl)Br)[N+](=O)[O-])N1CCN(c2ccccc2F)CC1. The number of hydrogen-bond acceptors (Lipinski definition) is 5. The van der Waals surface area contributed by atoms with Gasteiger partial charge in [0.15, 0.2) is 5.03 Å². The van der Waals surface area contributed by atoms with Crippen molar-refractivity contribution in [3.05, 3.63) is 72.6 Å². The fourth-order valence-electron chi connectivity index (χ4n) is 2.65. The Morgan fingerprint density at radius 2 is 1.96 bits per heavy atom. The Labute approximate surface area is 179 Å². The predicted octanol–water partition coefficient (Wildman–Crippen LogP) is 5.35. The van der Waals surface area contributed by atoms with E-state index >= 15 is 0 Å². The highest BCUT2D eigenvalue weighted by atomic mass is 79.9. The molecule has 0 aliphatic carbocycles. The molecule has 0 aromatic heterocycles. The van der Waals surface area contributed by atoms with Crippen LogP contribution in [0.15, 0.2) is 56.6 Å². The van der Waals surface area contributed by atoms with Crippen molar-refractivity contribution in [3.63, 3.8) is 0 Å². The normalized spacial score (nSPS) is 16.6. The second kappa shape index (κ2) is 10.4. The molecule has 0 atom stereocenters. The summed E-state index contributed by atoms with van der Waals surface area (Å²) in [4.78, 5) is 14.9. The Morgan fingerprint density at radius 3 is 2.48 bits per heavy atom. The van der Waals surface area contributed by atoms with Crippen LogP contribution in [0.2, 0.25) is 0 Å². The van der Waals surface area contributed by atoms with Gasteiger partial charge in [-0.1, -0.05) is 53.2 Å². The van der Waals surface area contributed by atoms with Crippen LogP contribution < -0.4 is 4.90 Å². The van der Waals surface area contributed by atoms with E-state index in [4.69, 9.17) is 23.2 Å². The molecule has 10 heteroatoms. The van der Waals surface area contributed by atoms with Gasteiger partial charge >= 0.3 is 5.70 Å². The minimum atomic E-state index is -0.541. The van der Waals surface area contributed by atoms with Crippen LogP contribution in [-0.4, -0.2) is 41.8 Å². The molecule has 5 nitrogen and oxygen atoms in total. The van der Waals surface area contributed by atoms with E-state index in [9.17, 15) is 14.5 Å². The highest BCUT2D eigenvalue weighted by Gasteiger charge is 2.31. The monoisotopic (exact) mass is 495 g/mol. The molecule has 0 bridgehead atoms. The summed E-state index contributed by atoms with van der Waals surface area (Å²) in [7, 11) is 0. The van der Waals surface area contributed by atoms with Crippen LogP contribution in [0.5, 0.6) is 0 Å². The number of anilines is 1. The number of piperazine rings is 1. The van der Waals surface area contributed by atoms with Crippen molar-refractivity contribution in [2.24, 2.45) is 0 Å². The summed E-state index contributed by atoms with van der Waals surface area (Å²) in [6, 6.07) is 6.56. The molecule has 0 saturated carbocycles. The van der Waals surface area contributed by atoms with Gasteiger partial charge in [-0.2, -0.15) is 0 Å². The van der Waals surface area contributed by atoms with Gasteiger partial charge in [-0.05, 0) is 28.1 Å². The Kier molecular flexibility index (Phi) is 8.47. The third-order valence-electron chi connectivity index (χ3n) is 3.86. The van der Waals surface area contributed by atoms with E-state index in [0.717, 1.165) is 0 Å². The number of hydrogen-bond donors (Lipinski definition) is 0. The van der Waals surface area contributed by atoms with Crippen LogP contribution in [0.4, 0.5) is 10.1 Å². The van der Waals surface area contributed by atoms with Crippen molar-refractivity contribution in [2.45, 2.75) is 0 Å². The number of nitro groups is 1. The number of nitrogens with zero attached hydrogens (tertiary/aromatic N) is 3. The average Bonchev–Trinajstić information content (AvgIpc) is 2.65. The molecule has 2 rings (SSSR count). The lowest BCUT2D eigenvalue weighted by Crippen LogP contribution is -2.46. The first kappa shape index (κ1) is 22.1. The van der Waals surface area contributed by atoms with Crippen LogP contribution in [0.25, 0.3) is 0 Å². The quantitative estimate of drug-likeness (QED) is 0.220. The molecule has 146 valence electrons. The van der Waals surface area contributed by atoms with E-state index < -0.39 is 4.92 Å². The van der Waals surface area contributed by atoms with Crippen LogP contribution in [0.1, 0.15) is 0 Å². The van der Waals surface area contributed by atoms with Crippen LogP contribution in [0.3, 0.4) is 0 Å². The Morgan fingerprint density at radius 1 is 1.33 bits per heavy atom. The van der Waals surface area contributed by atoms with Gasteiger partial charge in [0.2, 0.25) is 0 Å². The van der Waals surface area contributed by atoms with Gasteiger partial charge in [0.05, 0.1) is 10.6 Å². The molecule has 0 radical (unpaired) electrons. The third-order valence-corrected chi connectivity index (χ3v) is 6.26. The van der Waals surface area contributed by atoms with E-state index in [1.54, 1.807) is 24.3 Å². The first-order valence-electron chi connectivity index (χ1n) is 7.94. The number of thioether (sulfide) groups is 1. The van der Waals surface area contributed by atoms with E-state index in [2.05, 4.69) is 22.5 Å². The van der Waals surface area contributed by atoms with Crippen molar-refractivity contribution in [1.29, 1.82) is 0 Å². The van der Waals surface area contributed by atoms with Crippen molar-refractivity contribution < 1.29 is 9.31 Å². The molecule has 0 amide bonds. The first-order valence-corrected chi connectivity index (χ1v) is 10.5. The van der Waals surface area contributed by atoms with Gasteiger partial charge in [-0.15, -0.1) is 6.58 Å². The highest BCUT2D eigenvalue weighted by Crippen LogP contribution is 2.35. The molecule has 0 spiro atoms. The molecular formula is C17H17BrCl2FN3O2S. The zero-order chi connectivity index (χ0) is 20.0. The zero-order valence-corrected chi connectivity index (χ0v) is 18.1.